The summed E-state index contributed by atoms with van der Waals surface area (Å²) in [5, 5.41) is 0.618. The van der Waals surface area contributed by atoms with Gasteiger partial charge < -0.3 is 4.90 Å². The SMILES string of the molecule is CC1(C)/C(=C\C=C2C(=O)c3ccccc3C2=O)N(c2ccc(F)cc2)c2ccc(Cl)cc21. The Balaban J connectivity index is 1.67. The van der Waals surface area contributed by atoms with Crippen molar-refractivity contribution in [2.75, 3.05) is 4.90 Å². The molecule has 0 fully saturated rings. The number of allylic oxidation sites excluding steroid dienone is 4. The van der Waals surface area contributed by atoms with Gasteiger partial charge in [-0.2, -0.15) is 0 Å². The lowest BCUT2D eigenvalue weighted by molar-refractivity contribution is 0.0988. The number of Topliss-reactive ketones (excluding diaryl/α,β-unsaturated/α-hetero) is 2. The van der Waals surface area contributed by atoms with Crippen LogP contribution in [-0.4, -0.2) is 11.6 Å². The van der Waals surface area contributed by atoms with Crippen LogP contribution in [0.1, 0.15) is 40.1 Å². The van der Waals surface area contributed by atoms with Gasteiger partial charge in [-0.3, -0.25) is 9.59 Å². The van der Waals surface area contributed by atoms with Crippen LogP contribution in [0.4, 0.5) is 15.8 Å². The Labute approximate surface area is 190 Å². The molecule has 0 atom stereocenters. The van der Waals surface area contributed by atoms with Crippen molar-refractivity contribution in [3.05, 3.63) is 118 Å². The third-order valence-electron chi connectivity index (χ3n) is 6.15. The predicted octanol–water partition coefficient (Wildman–Crippen LogP) is 6.80. The number of benzene rings is 3. The average molecular weight is 444 g/mol. The standard InChI is InChI=1S/C27H19ClFNO2/c1-27(2)22-15-16(28)7-13-23(22)30(18-10-8-17(29)9-11-18)24(27)14-12-21-25(31)19-5-3-4-6-20(19)26(21)32/h3-15H,1-2H3/b24-14+. The zero-order valence-corrected chi connectivity index (χ0v) is 18.3. The molecule has 3 nitrogen and oxygen atoms in total. The van der Waals surface area contributed by atoms with Gasteiger partial charge in [0, 0.05) is 32.9 Å². The molecule has 0 radical (unpaired) electrons. The summed E-state index contributed by atoms with van der Waals surface area (Å²) in [6.07, 6.45) is 3.42. The van der Waals surface area contributed by atoms with E-state index in [0.717, 1.165) is 22.6 Å². The second kappa shape index (κ2) is 7.28. The maximum Gasteiger partial charge on any atom is 0.197 e. The summed E-state index contributed by atoms with van der Waals surface area (Å²) in [4.78, 5) is 27.7. The van der Waals surface area contributed by atoms with Crippen molar-refractivity contribution in [2.24, 2.45) is 0 Å². The monoisotopic (exact) mass is 443 g/mol. The van der Waals surface area contributed by atoms with Gasteiger partial charge in [-0.15, -0.1) is 0 Å². The van der Waals surface area contributed by atoms with Gasteiger partial charge in [-0.05, 0) is 60.2 Å². The number of carbonyl (C=O) groups is 2. The maximum atomic E-state index is 13.6. The Morgan fingerprint density at radius 1 is 0.875 bits per heavy atom. The first-order chi connectivity index (χ1) is 15.3. The van der Waals surface area contributed by atoms with Crippen molar-refractivity contribution in [3.8, 4) is 0 Å². The summed E-state index contributed by atoms with van der Waals surface area (Å²) in [6, 6.07) is 18.7. The quantitative estimate of drug-likeness (QED) is 0.323. The van der Waals surface area contributed by atoms with Gasteiger partial charge in [0.15, 0.2) is 11.6 Å². The Morgan fingerprint density at radius 2 is 1.50 bits per heavy atom. The number of carbonyl (C=O) groups excluding carboxylic acids is 2. The van der Waals surface area contributed by atoms with Crippen molar-refractivity contribution in [1.82, 2.24) is 0 Å². The van der Waals surface area contributed by atoms with Crippen LogP contribution in [0.5, 0.6) is 0 Å². The van der Waals surface area contributed by atoms with E-state index in [1.165, 1.54) is 12.1 Å². The molecule has 3 aromatic rings. The number of hydrogen-bond acceptors (Lipinski definition) is 3. The van der Waals surface area contributed by atoms with Gasteiger partial charge in [-0.25, -0.2) is 4.39 Å². The lowest BCUT2D eigenvalue weighted by atomic mass is 9.83. The molecule has 3 aromatic carbocycles. The molecule has 5 rings (SSSR count). The number of anilines is 2. The fraction of sp³-hybridized carbons (Fsp3) is 0.111. The zero-order valence-electron chi connectivity index (χ0n) is 17.5. The molecule has 2 aliphatic rings. The molecule has 0 aromatic heterocycles. The van der Waals surface area contributed by atoms with E-state index in [-0.39, 0.29) is 23.0 Å². The molecule has 0 N–H and O–H groups in total. The fourth-order valence-corrected chi connectivity index (χ4v) is 4.66. The highest BCUT2D eigenvalue weighted by molar-refractivity contribution is 6.39. The Bertz CT molecular complexity index is 1320. The summed E-state index contributed by atoms with van der Waals surface area (Å²) in [6.45, 7) is 4.12. The number of nitrogens with zero attached hydrogens (tertiary/aromatic N) is 1. The minimum Gasteiger partial charge on any atom is -0.313 e. The van der Waals surface area contributed by atoms with Crippen LogP contribution in [0.2, 0.25) is 5.02 Å². The van der Waals surface area contributed by atoms with Crippen LogP contribution in [-0.2, 0) is 5.41 Å². The Morgan fingerprint density at radius 3 is 2.12 bits per heavy atom. The summed E-state index contributed by atoms with van der Waals surface area (Å²) in [5.41, 5.74) is 4.08. The first-order valence-corrected chi connectivity index (χ1v) is 10.6. The van der Waals surface area contributed by atoms with Crippen LogP contribution in [0.15, 0.2) is 90.2 Å². The molecule has 0 spiro atoms. The van der Waals surface area contributed by atoms with E-state index in [2.05, 4.69) is 13.8 Å². The number of hydrogen-bond donors (Lipinski definition) is 0. The topological polar surface area (TPSA) is 37.4 Å². The highest BCUT2D eigenvalue weighted by atomic mass is 35.5. The van der Waals surface area contributed by atoms with Crippen molar-refractivity contribution in [3.63, 3.8) is 0 Å². The van der Waals surface area contributed by atoms with Crippen molar-refractivity contribution in [2.45, 2.75) is 19.3 Å². The number of halogens is 2. The average Bonchev–Trinajstić information content (AvgIpc) is 3.15. The molecule has 0 saturated carbocycles. The Kier molecular flexibility index (Phi) is 4.64. The fourth-order valence-electron chi connectivity index (χ4n) is 4.49. The lowest BCUT2D eigenvalue weighted by Crippen LogP contribution is -2.22. The van der Waals surface area contributed by atoms with E-state index in [1.807, 2.05) is 29.2 Å². The minimum absolute atomic E-state index is 0.141. The first kappa shape index (κ1) is 20.4. The number of rotatable bonds is 2. The van der Waals surface area contributed by atoms with Gasteiger partial charge >= 0.3 is 0 Å². The molecular weight excluding hydrogens is 425 g/mol. The van der Waals surface area contributed by atoms with Crippen molar-refractivity contribution in [1.29, 1.82) is 0 Å². The summed E-state index contributed by atoms with van der Waals surface area (Å²) in [5.74, 6) is -0.865. The van der Waals surface area contributed by atoms with Gasteiger partial charge in [0.2, 0.25) is 0 Å². The van der Waals surface area contributed by atoms with E-state index >= 15 is 0 Å². The van der Waals surface area contributed by atoms with Crippen molar-refractivity contribution >= 4 is 34.5 Å². The first-order valence-electron chi connectivity index (χ1n) is 10.3. The minimum atomic E-state index is -0.469. The molecule has 1 heterocycles. The lowest BCUT2D eigenvalue weighted by Gasteiger charge is -2.27. The van der Waals surface area contributed by atoms with Crippen molar-refractivity contribution < 1.29 is 14.0 Å². The maximum absolute atomic E-state index is 13.6. The van der Waals surface area contributed by atoms with Crippen LogP contribution < -0.4 is 4.90 Å². The third-order valence-corrected chi connectivity index (χ3v) is 6.39. The number of ketones is 2. The van der Waals surface area contributed by atoms with Gasteiger partial charge in [-0.1, -0.05) is 49.7 Å². The van der Waals surface area contributed by atoms with Gasteiger partial charge in [0.25, 0.3) is 0 Å². The second-order valence-electron chi connectivity index (χ2n) is 8.43. The van der Waals surface area contributed by atoms with Gasteiger partial charge in [0.1, 0.15) is 5.82 Å². The number of fused-ring (bicyclic) bond motifs is 2. The molecule has 1 aliphatic carbocycles. The van der Waals surface area contributed by atoms with Gasteiger partial charge in [0.05, 0.1) is 11.3 Å². The third kappa shape index (κ3) is 3.02. The molecule has 0 unspecified atom stereocenters. The van der Waals surface area contributed by atoms with E-state index < -0.39 is 5.41 Å². The van der Waals surface area contributed by atoms with Crippen LogP contribution in [0.3, 0.4) is 0 Å². The van der Waals surface area contributed by atoms with Crippen LogP contribution in [0, 0.1) is 5.82 Å². The Hall–Kier alpha value is -3.50. The van der Waals surface area contributed by atoms with E-state index in [0.29, 0.717) is 16.1 Å². The molecule has 0 bridgehead atoms. The molecule has 32 heavy (non-hydrogen) atoms. The highest BCUT2D eigenvalue weighted by Crippen LogP contribution is 2.51. The highest BCUT2D eigenvalue weighted by Gasteiger charge is 2.41. The van der Waals surface area contributed by atoms with Crippen LogP contribution >= 0.6 is 11.6 Å². The molecule has 158 valence electrons. The van der Waals surface area contributed by atoms with E-state index in [4.69, 9.17) is 11.6 Å². The predicted molar refractivity (Wildman–Crippen MR) is 124 cm³/mol. The molecule has 5 heteroatoms. The summed E-state index contributed by atoms with van der Waals surface area (Å²) < 4.78 is 13.6. The molecule has 1 aliphatic heterocycles. The van der Waals surface area contributed by atoms with E-state index in [1.54, 1.807) is 42.5 Å². The normalized spacial score (nSPS) is 17.7. The summed E-state index contributed by atoms with van der Waals surface area (Å²) in [7, 11) is 0. The molecule has 0 saturated heterocycles. The smallest absolute Gasteiger partial charge is 0.197 e. The van der Waals surface area contributed by atoms with E-state index in [9.17, 15) is 14.0 Å². The summed E-state index contributed by atoms with van der Waals surface area (Å²) >= 11 is 6.29. The largest absolute Gasteiger partial charge is 0.313 e. The molecule has 0 amide bonds. The van der Waals surface area contributed by atoms with Crippen LogP contribution in [0.25, 0.3) is 0 Å². The molecular formula is C27H19ClFNO2. The second-order valence-corrected chi connectivity index (χ2v) is 8.87. The zero-order chi connectivity index (χ0) is 22.6.